The van der Waals surface area contributed by atoms with Crippen molar-refractivity contribution in [1.82, 2.24) is 4.90 Å². The minimum Gasteiger partial charge on any atom is -0.482 e. The maximum absolute atomic E-state index is 12.3. The molecule has 0 spiro atoms. The highest BCUT2D eigenvalue weighted by atomic mass is 16.5. The summed E-state index contributed by atoms with van der Waals surface area (Å²) >= 11 is 0. The van der Waals surface area contributed by atoms with Crippen molar-refractivity contribution in [2.45, 2.75) is 19.8 Å². The molecule has 1 aliphatic heterocycles. The van der Waals surface area contributed by atoms with Crippen LogP contribution in [-0.2, 0) is 4.79 Å². The first-order valence-electron chi connectivity index (χ1n) is 6.83. The highest BCUT2D eigenvalue weighted by Crippen LogP contribution is 2.32. The molecule has 0 radical (unpaired) electrons. The number of unbranched alkanes of at least 4 members (excludes halogenated alkanes) is 1. The minimum atomic E-state index is -0.110. The summed E-state index contributed by atoms with van der Waals surface area (Å²) in [5.74, 6) is 0.494. The first-order chi connectivity index (χ1) is 9.54. The van der Waals surface area contributed by atoms with Gasteiger partial charge in [-0.3, -0.25) is 9.59 Å². The van der Waals surface area contributed by atoms with Crippen LogP contribution in [0.5, 0.6) is 5.75 Å². The number of carbonyl (C=O) groups is 2. The summed E-state index contributed by atoms with van der Waals surface area (Å²) in [5, 5.41) is 0. The Labute approximate surface area is 119 Å². The van der Waals surface area contributed by atoms with Gasteiger partial charge in [0.1, 0.15) is 5.75 Å². The second-order valence-corrected chi connectivity index (χ2v) is 5.00. The zero-order valence-electron chi connectivity index (χ0n) is 12.2. The molecule has 2 amide bonds. The lowest BCUT2D eigenvalue weighted by Gasteiger charge is -2.26. The summed E-state index contributed by atoms with van der Waals surface area (Å²) in [4.78, 5) is 27.2. The number of likely N-dealkylation sites (N-methyl/N-ethyl adjacent to an activating group) is 1. The van der Waals surface area contributed by atoms with Crippen LogP contribution in [0.1, 0.15) is 30.1 Å². The molecule has 0 atom stereocenters. The van der Waals surface area contributed by atoms with E-state index in [1.165, 1.54) is 4.90 Å². The van der Waals surface area contributed by atoms with E-state index in [2.05, 4.69) is 6.92 Å². The van der Waals surface area contributed by atoms with Crippen LogP contribution in [0.25, 0.3) is 0 Å². The Kier molecular flexibility index (Phi) is 4.27. The fourth-order valence-corrected chi connectivity index (χ4v) is 2.12. The molecule has 1 aliphatic rings. The highest BCUT2D eigenvalue weighted by Gasteiger charge is 2.23. The zero-order valence-corrected chi connectivity index (χ0v) is 12.2. The van der Waals surface area contributed by atoms with Gasteiger partial charge < -0.3 is 14.5 Å². The summed E-state index contributed by atoms with van der Waals surface area (Å²) in [5.41, 5.74) is 1.23. The van der Waals surface area contributed by atoms with E-state index in [0.717, 1.165) is 19.4 Å². The number of carbonyl (C=O) groups excluding carboxylic acids is 2. The fourth-order valence-electron chi connectivity index (χ4n) is 2.12. The third-order valence-electron chi connectivity index (χ3n) is 3.49. The number of ether oxygens (including phenoxy) is 1. The van der Waals surface area contributed by atoms with Crippen molar-refractivity contribution in [2.75, 3.05) is 32.1 Å². The van der Waals surface area contributed by atoms with Gasteiger partial charge in [-0.15, -0.1) is 0 Å². The van der Waals surface area contributed by atoms with Crippen LogP contribution in [0.3, 0.4) is 0 Å². The van der Waals surface area contributed by atoms with Gasteiger partial charge in [-0.2, -0.15) is 0 Å². The summed E-state index contributed by atoms with van der Waals surface area (Å²) in [6, 6.07) is 5.21. The molecule has 5 nitrogen and oxygen atoms in total. The van der Waals surface area contributed by atoms with Gasteiger partial charge >= 0.3 is 0 Å². The normalized spacial score (nSPS) is 13.8. The third kappa shape index (κ3) is 2.76. The van der Waals surface area contributed by atoms with Crippen molar-refractivity contribution < 1.29 is 14.3 Å². The Morgan fingerprint density at radius 2 is 2.20 bits per heavy atom. The number of amides is 2. The van der Waals surface area contributed by atoms with Gasteiger partial charge in [0.05, 0.1) is 5.69 Å². The molecule has 1 aromatic carbocycles. The molecule has 0 N–H and O–H groups in total. The SMILES string of the molecule is CCCCN(C)C(=O)c1ccc2c(c1)N(C)C(=O)CO2. The van der Waals surface area contributed by atoms with Crippen molar-refractivity contribution in [2.24, 2.45) is 0 Å². The highest BCUT2D eigenvalue weighted by molar-refractivity contribution is 6.00. The van der Waals surface area contributed by atoms with Gasteiger partial charge in [0.15, 0.2) is 6.61 Å². The molecule has 1 aromatic rings. The van der Waals surface area contributed by atoms with Crippen LogP contribution in [0, 0.1) is 0 Å². The van der Waals surface area contributed by atoms with Gasteiger partial charge in [0.2, 0.25) is 0 Å². The van der Waals surface area contributed by atoms with Gasteiger partial charge in [-0.05, 0) is 24.6 Å². The van der Waals surface area contributed by atoms with E-state index in [9.17, 15) is 9.59 Å². The maximum atomic E-state index is 12.3. The zero-order chi connectivity index (χ0) is 14.7. The molecule has 0 bridgehead atoms. The molecule has 108 valence electrons. The Balaban J connectivity index is 2.22. The van der Waals surface area contributed by atoms with Crippen LogP contribution >= 0.6 is 0 Å². The lowest BCUT2D eigenvalue weighted by Crippen LogP contribution is -2.36. The molecular weight excluding hydrogens is 256 g/mol. The van der Waals surface area contributed by atoms with Gasteiger partial charge in [0.25, 0.3) is 11.8 Å². The molecule has 0 aliphatic carbocycles. The molecule has 0 fully saturated rings. The van der Waals surface area contributed by atoms with Crippen LogP contribution in [0.2, 0.25) is 0 Å². The standard InChI is InChI=1S/C15H20N2O3/c1-4-5-8-16(2)15(19)11-6-7-13-12(9-11)17(3)14(18)10-20-13/h6-7,9H,4-5,8,10H2,1-3H3. The van der Waals surface area contributed by atoms with Gasteiger partial charge in [-0.1, -0.05) is 13.3 Å². The Hall–Kier alpha value is -2.04. The number of hydrogen-bond donors (Lipinski definition) is 0. The molecular formula is C15H20N2O3. The second-order valence-electron chi connectivity index (χ2n) is 5.00. The summed E-state index contributed by atoms with van der Waals surface area (Å²) in [7, 11) is 3.49. The van der Waals surface area contributed by atoms with Crippen LogP contribution < -0.4 is 9.64 Å². The molecule has 20 heavy (non-hydrogen) atoms. The third-order valence-corrected chi connectivity index (χ3v) is 3.49. The molecule has 0 aromatic heterocycles. The Morgan fingerprint density at radius 3 is 2.90 bits per heavy atom. The van der Waals surface area contributed by atoms with E-state index in [-0.39, 0.29) is 18.4 Å². The van der Waals surface area contributed by atoms with Crippen LogP contribution in [-0.4, -0.2) is 44.0 Å². The van der Waals surface area contributed by atoms with Gasteiger partial charge in [0, 0.05) is 26.2 Å². The quantitative estimate of drug-likeness (QED) is 0.844. The summed E-state index contributed by atoms with van der Waals surface area (Å²) in [6.07, 6.45) is 2.03. The topological polar surface area (TPSA) is 49.9 Å². The van der Waals surface area contributed by atoms with Crippen molar-refractivity contribution in [1.29, 1.82) is 0 Å². The number of benzene rings is 1. The number of anilines is 1. The lowest BCUT2D eigenvalue weighted by molar-refractivity contribution is -0.120. The van der Waals surface area contributed by atoms with Gasteiger partial charge in [-0.25, -0.2) is 0 Å². The lowest BCUT2D eigenvalue weighted by atomic mass is 10.1. The Bertz CT molecular complexity index is 528. The number of hydrogen-bond acceptors (Lipinski definition) is 3. The molecule has 1 heterocycles. The van der Waals surface area contributed by atoms with E-state index < -0.39 is 0 Å². The second kappa shape index (κ2) is 5.94. The molecule has 2 rings (SSSR count). The summed E-state index contributed by atoms with van der Waals surface area (Å²) in [6.45, 7) is 2.88. The van der Waals surface area contributed by atoms with E-state index in [1.807, 2.05) is 0 Å². The Morgan fingerprint density at radius 1 is 1.45 bits per heavy atom. The predicted molar refractivity (Wildman–Crippen MR) is 77.2 cm³/mol. The summed E-state index contributed by atoms with van der Waals surface area (Å²) < 4.78 is 5.35. The first-order valence-corrected chi connectivity index (χ1v) is 6.83. The largest absolute Gasteiger partial charge is 0.482 e. The maximum Gasteiger partial charge on any atom is 0.264 e. The van der Waals surface area contributed by atoms with Crippen molar-refractivity contribution >= 4 is 17.5 Å². The van der Waals surface area contributed by atoms with E-state index >= 15 is 0 Å². The minimum absolute atomic E-state index is 0.0346. The number of fused-ring (bicyclic) bond motifs is 1. The average molecular weight is 276 g/mol. The number of rotatable bonds is 4. The molecule has 0 unspecified atom stereocenters. The van der Waals surface area contributed by atoms with Crippen LogP contribution in [0.4, 0.5) is 5.69 Å². The van der Waals surface area contributed by atoms with Crippen LogP contribution in [0.15, 0.2) is 18.2 Å². The predicted octanol–water partition coefficient (Wildman–Crippen LogP) is 1.91. The molecule has 0 saturated carbocycles. The van der Waals surface area contributed by atoms with Crippen molar-refractivity contribution in [3.8, 4) is 5.75 Å². The van der Waals surface area contributed by atoms with E-state index in [1.54, 1.807) is 37.2 Å². The molecule has 5 heteroatoms. The first kappa shape index (κ1) is 14.4. The van der Waals surface area contributed by atoms with E-state index in [4.69, 9.17) is 4.74 Å². The van der Waals surface area contributed by atoms with Crippen molar-refractivity contribution in [3.63, 3.8) is 0 Å². The van der Waals surface area contributed by atoms with E-state index in [0.29, 0.717) is 17.0 Å². The molecule has 0 saturated heterocycles. The number of nitrogens with zero attached hydrogens (tertiary/aromatic N) is 2. The fraction of sp³-hybridized carbons (Fsp3) is 0.467. The smallest absolute Gasteiger partial charge is 0.264 e. The monoisotopic (exact) mass is 276 g/mol. The average Bonchev–Trinajstić information content (AvgIpc) is 2.47. The van der Waals surface area contributed by atoms with Crippen molar-refractivity contribution in [3.05, 3.63) is 23.8 Å².